The Morgan fingerprint density at radius 2 is 1.82 bits per heavy atom. The van der Waals surface area contributed by atoms with E-state index < -0.39 is 0 Å². The topological polar surface area (TPSA) is 55.1 Å². The normalized spacial score (nSPS) is 9.41. The lowest BCUT2D eigenvalue weighted by Crippen LogP contribution is -1.91. The van der Waals surface area contributed by atoms with E-state index in [0.717, 1.165) is 5.75 Å². The van der Waals surface area contributed by atoms with Gasteiger partial charge in [0.2, 0.25) is 5.88 Å². The van der Waals surface area contributed by atoms with Crippen molar-refractivity contribution in [1.29, 1.82) is 5.26 Å². The zero-order chi connectivity index (χ0) is 12.1. The largest absolute Gasteiger partial charge is 0.497 e. The molecular formula is C13H10N2O2. The van der Waals surface area contributed by atoms with Gasteiger partial charge in [-0.1, -0.05) is 0 Å². The van der Waals surface area contributed by atoms with Crippen molar-refractivity contribution >= 4 is 0 Å². The van der Waals surface area contributed by atoms with Gasteiger partial charge in [0.25, 0.3) is 0 Å². The summed E-state index contributed by atoms with van der Waals surface area (Å²) >= 11 is 0. The smallest absolute Gasteiger partial charge is 0.237 e. The first-order valence-corrected chi connectivity index (χ1v) is 5.00. The van der Waals surface area contributed by atoms with Crippen molar-refractivity contribution in [2.24, 2.45) is 0 Å². The highest BCUT2D eigenvalue weighted by Crippen LogP contribution is 2.24. The first-order valence-electron chi connectivity index (χ1n) is 5.00. The van der Waals surface area contributed by atoms with Gasteiger partial charge in [-0.2, -0.15) is 5.26 Å². The molecule has 0 bridgehead atoms. The Kier molecular flexibility index (Phi) is 3.22. The first kappa shape index (κ1) is 11.0. The molecule has 0 aliphatic carbocycles. The molecule has 4 heteroatoms. The van der Waals surface area contributed by atoms with Crippen LogP contribution in [0.5, 0.6) is 17.4 Å². The number of rotatable bonds is 3. The molecule has 0 spiro atoms. The Morgan fingerprint density at radius 3 is 2.47 bits per heavy atom. The third kappa shape index (κ3) is 2.52. The predicted octanol–water partition coefficient (Wildman–Crippen LogP) is 2.75. The summed E-state index contributed by atoms with van der Waals surface area (Å²) in [6.07, 6.45) is 1.58. The fraction of sp³-hybridized carbons (Fsp3) is 0.0769. The monoisotopic (exact) mass is 226 g/mol. The summed E-state index contributed by atoms with van der Waals surface area (Å²) in [5, 5.41) is 8.89. The Bertz CT molecular complexity index is 544. The van der Waals surface area contributed by atoms with Crippen molar-refractivity contribution in [3.8, 4) is 23.4 Å². The van der Waals surface area contributed by atoms with Crippen LogP contribution in [0.25, 0.3) is 0 Å². The van der Waals surface area contributed by atoms with Crippen LogP contribution in [0.15, 0.2) is 42.6 Å². The summed E-state index contributed by atoms with van der Waals surface area (Å²) in [6, 6.07) is 12.5. The molecule has 0 atom stereocenters. The van der Waals surface area contributed by atoms with Crippen LogP contribution in [0.1, 0.15) is 5.56 Å². The summed E-state index contributed by atoms with van der Waals surface area (Å²) in [7, 11) is 1.60. The van der Waals surface area contributed by atoms with Crippen LogP contribution in [0.2, 0.25) is 0 Å². The van der Waals surface area contributed by atoms with E-state index in [4.69, 9.17) is 14.7 Å². The molecule has 0 N–H and O–H groups in total. The Hall–Kier alpha value is -2.54. The second-order valence-corrected chi connectivity index (χ2v) is 3.25. The highest BCUT2D eigenvalue weighted by molar-refractivity contribution is 5.41. The number of nitriles is 1. The maximum atomic E-state index is 8.89. The number of methoxy groups -OCH3 is 1. The molecule has 0 radical (unpaired) electrons. The van der Waals surface area contributed by atoms with E-state index in [2.05, 4.69) is 4.98 Å². The third-order valence-electron chi connectivity index (χ3n) is 2.17. The predicted molar refractivity (Wildman–Crippen MR) is 62.0 cm³/mol. The molecule has 0 saturated carbocycles. The Balaban J connectivity index is 2.23. The summed E-state index contributed by atoms with van der Waals surface area (Å²) in [4.78, 5) is 4.01. The van der Waals surface area contributed by atoms with E-state index >= 15 is 0 Å². The van der Waals surface area contributed by atoms with Gasteiger partial charge in [0.05, 0.1) is 7.11 Å². The second kappa shape index (κ2) is 4.99. The van der Waals surface area contributed by atoms with Crippen molar-refractivity contribution in [3.63, 3.8) is 0 Å². The van der Waals surface area contributed by atoms with E-state index in [9.17, 15) is 0 Å². The van der Waals surface area contributed by atoms with Crippen LogP contribution in [-0.4, -0.2) is 12.1 Å². The minimum atomic E-state index is 0.306. The quantitative estimate of drug-likeness (QED) is 0.807. The maximum absolute atomic E-state index is 8.89. The van der Waals surface area contributed by atoms with Gasteiger partial charge in [-0.25, -0.2) is 4.98 Å². The molecule has 2 aromatic rings. The molecule has 1 aromatic heterocycles. The molecule has 0 aliphatic heterocycles. The van der Waals surface area contributed by atoms with Crippen LogP contribution in [0.4, 0.5) is 0 Å². The van der Waals surface area contributed by atoms with Gasteiger partial charge in [0.1, 0.15) is 23.1 Å². The number of hydrogen-bond donors (Lipinski definition) is 0. The summed E-state index contributed by atoms with van der Waals surface area (Å²) in [6.45, 7) is 0. The molecule has 0 unspecified atom stereocenters. The summed E-state index contributed by atoms with van der Waals surface area (Å²) in [5.41, 5.74) is 0.406. The highest BCUT2D eigenvalue weighted by atomic mass is 16.5. The lowest BCUT2D eigenvalue weighted by molar-refractivity contribution is 0.412. The van der Waals surface area contributed by atoms with E-state index in [1.54, 1.807) is 49.7 Å². The summed E-state index contributed by atoms with van der Waals surface area (Å²) < 4.78 is 10.6. The zero-order valence-electron chi connectivity index (χ0n) is 9.25. The van der Waals surface area contributed by atoms with E-state index in [0.29, 0.717) is 17.2 Å². The zero-order valence-corrected chi connectivity index (χ0v) is 9.25. The van der Waals surface area contributed by atoms with Crippen molar-refractivity contribution in [1.82, 2.24) is 4.98 Å². The molecule has 0 aliphatic rings. The van der Waals surface area contributed by atoms with Crippen LogP contribution in [-0.2, 0) is 0 Å². The van der Waals surface area contributed by atoms with Gasteiger partial charge in [-0.05, 0) is 36.4 Å². The van der Waals surface area contributed by atoms with Crippen molar-refractivity contribution < 1.29 is 9.47 Å². The minimum Gasteiger partial charge on any atom is -0.497 e. The lowest BCUT2D eigenvalue weighted by atomic mass is 10.3. The van der Waals surface area contributed by atoms with Gasteiger partial charge in [0, 0.05) is 6.20 Å². The number of ether oxygens (including phenoxy) is 2. The van der Waals surface area contributed by atoms with Gasteiger partial charge < -0.3 is 9.47 Å². The molecule has 0 saturated heterocycles. The fourth-order valence-corrected chi connectivity index (χ4v) is 1.31. The standard InChI is InChI=1S/C13H10N2O2/c1-16-11-4-6-12(7-5-11)17-13-10(9-14)3-2-8-15-13/h2-8H,1H3. The van der Waals surface area contributed by atoms with Gasteiger partial charge in [0.15, 0.2) is 0 Å². The molecule has 17 heavy (non-hydrogen) atoms. The molecule has 4 nitrogen and oxygen atoms in total. The third-order valence-corrected chi connectivity index (χ3v) is 2.17. The van der Waals surface area contributed by atoms with Crippen LogP contribution in [0.3, 0.4) is 0 Å². The van der Waals surface area contributed by atoms with Crippen LogP contribution < -0.4 is 9.47 Å². The maximum Gasteiger partial charge on any atom is 0.237 e. The van der Waals surface area contributed by atoms with Crippen molar-refractivity contribution in [2.45, 2.75) is 0 Å². The Morgan fingerprint density at radius 1 is 1.12 bits per heavy atom. The number of hydrogen-bond acceptors (Lipinski definition) is 4. The molecule has 84 valence electrons. The second-order valence-electron chi connectivity index (χ2n) is 3.25. The number of aromatic nitrogens is 1. The van der Waals surface area contributed by atoms with Crippen LogP contribution in [0, 0.1) is 11.3 Å². The van der Waals surface area contributed by atoms with Crippen molar-refractivity contribution in [3.05, 3.63) is 48.2 Å². The molecule has 1 heterocycles. The first-order chi connectivity index (χ1) is 8.33. The number of pyridine rings is 1. The minimum absolute atomic E-state index is 0.306. The van der Waals surface area contributed by atoms with Gasteiger partial charge >= 0.3 is 0 Å². The van der Waals surface area contributed by atoms with Crippen molar-refractivity contribution in [2.75, 3.05) is 7.11 Å². The number of nitrogens with zero attached hydrogens (tertiary/aromatic N) is 2. The Labute approximate surface area is 99.1 Å². The number of benzene rings is 1. The molecular weight excluding hydrogens is 216 g/mol. The SMILES string of the molecule is COc1ccc(Oc2ncccc2C#N)cc1. The molecule has 0 fully saturated rings. The molecule has 1 aromatic carbocycles. The highest BCUT2D eigenvalue weighted by Gasteiger charge is 2.04. The van der Waals surface area contributed by atoms with E-state index in [-0.39, 0.29) is 0 Å². The van der Waals surface area contributed by atoms with E-state index in [1.807, 2.05) is 6.07 Å². The molecule has 2 rings (SSSR count). The van der Waals surface area contributed by atoms with Gasteiger partial charge in [-0.3, -0.25) is 0 Å². The van der Waals surface area contributed by atoms with Crippen LogP contribution >= 0.6 is 0 Å². The van der Waals surface area contributed by atoms with Gasteiger partial charge in [-0.15, -0.1) is 0 Å². The summed E-state index contributed by atoms with van der Waals surface area (Å²) in [5.74, 6) is 1.67. The lowest BCUT2D eigenvalue weighted by Gasteiger charge is -2.06. The molecule has 0 amide bonds. The average Bonchev–Trinajstić information content (AvgIpc) is 2.40. The fourth-order valence-electron chi connectivity index (χ4n) is 1.31. The van der Waals surface area contributed by atoms with E-state index in [1.165, 1.54) is 0 Å². The average molecular weight is 226 g/mol.